The highest BCUT2D eigenvalue weighted by atomic mass is 15.1. The van der Waals surface area contributed by atoms with E-state index in [1.807, 2.05) is 0 Å². The van der Waals surface area contributed by atoms with E-state index in [0.717, 1.165) is 45.1 Å². The standard InChI is InChI=1S/C55H37N5/c1-34-24-28-48-42(30-34)40-26-27-41-43-31-35(2)25-29-49(43)60(55(41)54(40)58(48)37-16-7-4-8-17-37)53-23-13-22-52(56-53)59-47-21-12-10-19-39(47)45-32-50-44(33-51(45)59)38-18-9-11-20-46(38)57(50)36-14-5-3-6-15-36/h3-33H,1-2H3. The van der Waals surface area contributed by atoms with E-state index in [1.165, 1.54) is 76.3 Å². The van der Waals surface area contributed by atoms with Gasteiger partial charge in [-0.3, -0.25) is 9.13 Å². The first-order valence-corrected chi connectivity index (χ1v) is 20.6. The molecule has 0 aliphatic heterocycles. The molecule has 5 aromatic heterocycles. The predicted octanol–water partition coefficient (Wildman–Crippen LogP) is 14.1. The minimum atomic E-state index is 0.873. The number of hydrogen-bond acceptors (Lipinski definition) is 1. The topological polar surface area (TPSA) is 32.6 Å². The molecule has 0 spiro atoms. The highest BCUT2D eigenvalue weighted by Crippen LogP contribution is 2.43. The second kappa shape index (κ2) is 12.3. The molecular formula is C55H37N5. The first kappa shape index (κ1) is 33.1. The van der Waals surface area contributed by atoms with E-state index in [-0.39, 0.29) is 0 Å². The van der Waals surface area contributed by atoms with Crippen LogP contribution >= 0.6 is 0 Å². The van der Waals surface area contributed by atoms with Gasteiger partial charge >= 0.3 is 0 Å². The summed E-state index contributed by atoms with van der Waals surface area (Å²) in [5.41, 5.74) is 14.0. The SMILES string of the molecule is Cc1ccc2c(c1)c1ccc3c4cc(C)ccc4n(-c4cccc(-n5c6ccccc6c6cc7c(cc65)c5ccccc5n7-c5ccccc5)n4)c3c1n2-c1ccccc1. The lowest BCUT2D eigenvalue weighted by Gasteiger charge is -2.14. The second-order valence-electron chi connectivity index (χ2n) is 16.2. The summed E-state index contributed by atoms with van der Waals surface area (Å²) in [5, 5.41) is 9.73. The fourth-order valence-electron chi connectivity index (χ4n) is 10.1. The molecule has 0 aliphatic rings. The molecule has 5 heterocycles. The second-order valence-corrected chi connectivity index (χ2v) is 16.2. The third-order valence-electron chi connectivity index (χ3n) is 12.6. The number of nitrogens with zero attached hydrogens (tertiary/aromatic N) is 5. The summed E-state index contributed by atoms with van der Waals surface area (Å²) in [6.07, 6.45) is 0. The van der Waals surface area contributed by atoms with Gasteiger partial charge in [-0.2, -0.15) is 0 Å². The van der Waals surface area contributed by atoms with Gasteiger partial charge in [-0.05, 0) is 98.8 Å². The minimum Gasteiger partial charge on any atom is -0.309 e. The number of rotatable bonds is 4. The summed E-state index contributed by atoms with van der Waals surface area (Å²) < 4.78 is 9.61. The van der Waals surface area contributed by atoms with Crippen molar-refractivity contribution in [3.63, 3.8) is 0 Å². The van der Waals surface area contributed by atoms with Crippen molar-refractivity contribution in [2.75, 3.05) is 0 Å². The molecule has 13 aromatic rings. The number of benzene rings is 8. The molecule has 0 atom stereocenters. The Labute approximate surface area is 345 Å². The van der Waals surface area contributed by atoms with Crippen LogP contribution in [0.2, 0.25) is 0 Å². The van der Waals surface area contributed by atoms with Crippen LogP contribution in [0.3, 0.4) is 0 Å². The van der Waals surface area contributed by atoms with Crippen LogP contribution in [0, 0.1) is 13.8 Å². The molecule has 0 bridgehead atoms. The molecule has 5 heteroatoms. The molecule has 0 N–H and O–H groups in total. The molecule has 5 nitrogen and oxygen atoms in total. The zero-order valence-corrected chi connectivity index (χ0v) is 33.1. The van der Waals surface area contributed by atoms with E-state index >= 15 is 0 Å². The normalized spacial score (nSPS) is 12.2. The first-order chi connectivity index (χ1) is 29.6. The molecule has 0 fully saturated rings. The van der Waals surface area contributed by atoms with Gasteiger partial charge in [0.05, 0.1) is 44.1 Å². The van der Waals surface area contributed by atoms with Gasteiger partial charge in [-0.25, -0.2) is 4.98 Å². The average Bonchev–Trinajstić information content (AvgIpc) is 4.00. The van der Waals surface area contributed by atoms with Crippen molar-refractivity contribution in [1.82, 2.24) is 23.3 Å². The molecular weight excluding hydrogens is 731 g/mol. The molecule has 0 saturated heterocycles. The van der Waals surface area contributed by atoms with E-state index in [4.69, 9.17) is 4.98 Å². The van der Waals surface area contributed by atoms with E-state index in [1.54, 1.807) is 0 Å². The quantitative estimate of drug-likeness (QED) is 0.176. The van der Waals surface area contributed by atoms with Crippen LogP contribution in [0.5, 0.6) is 0 Å². The summed E-state index contributed by atoms with van der Waals surface area (Å²) in [6, 6.07) is 68.5. The summed E-state index contributed by atoms with van der Waals surface area (Å²) in [4.78, 5) is 5.66. The maximum absolute atomic E-state index is 5.66. The lowest BCUT2D eigenvalue weighted by molar-refractivity contribution is 1.01. The Bertz CT molecular complexity index is 3900. The van der Waals surface area contributed by atoms with Crippen LogP contribution in [0.1, 0.15) is 11.1 Å². The fourth-order valence-corrected chi connectivity index (χ4v) is 10.1. The van der Waals surface area contributed by atoms with E-state index in [2.05, 4.69) is 220 Å². The minimum absolute atomic E-state index is 0.873. The molecule has 0 saturated carbocycles. The van der Waals surface area contributed by atoms with Gasteiger partial charge in [0.1, 0.15) is 11.6 Å². The number of aromatic nitrogens is 5. The van der Waals surface area contributed by atoms with Gasteiger partial charge in [-0.15, -0.1) is 0 Å². The molecule has 8 aromatic carbocycles. The van der Waals surface area contributed by atoms with Crippen molar-refractivity contribution in [2.24, 2.45) is 0 Å². The van der Waals surface area contributed by atoms with Gasteiger partial charge in [0.2, 0.25) is 0 Å². The number of aryl methyl sites for hydroxylation is 2. The van der Waals surface area contributed by atoms with Crippen LogP contribution in [0.15, 0.2) is 188 Å². The van der Waals surface area contributed by atoms with E-state index in [9.17, 15) is 0 Å². The van der Waals surface area contributed by atoms with Gasteiger partial charge < -0.3 is 9.13 Å². The molecule has 0 aliphatic carbocycles. The Morgan fingerprint density at radius 3 is 1.32 bits per heavy atom. The third kappa shape index (κ3) is 4.54. The average molecular weight is 768 g/mol. The van der Waals surface area contributed by atoms with Crippen LogP contribution in [0.25, 0.3) is 110 Å². The lowest BCUT2D eigenvalue weighted by Crippen LogP contribution is -2.04. The molecule has 13 rings (SSSR count). The molecule has 0 unspecified atom stereocenters. The summed E-state index contributed by atoms with van der Waals surface area (Å²) in [6.45, 7) is 4.36. The molecule has 0 radical (unpaired) electrons. The Morgan fingerprint density at radius 1 is 0.283 bits per heavy atom. The third-order valence-corrected chi connectivity index (χ3v) is 12.6. The van der Waals surface area contributed by atoms with Gasteiger partial charge in [0.25, 0.3) is 0 Å². The van der Waals surface area contributed by atoms with Gasteiger partial charge in [-0.1, -0.05) is 114 Å². The predicted molar refractivity (Wildman–Crippen MR) is 251 cm³/mol. The summed E-state index contributed by atoms with van der Waals surface area (Å²) in [5.74, 6) is 1.75. The molecule has 0 amide bonds. The van der Waals surface area contributed by atoms with E-state index in [0.29, 0.717) is 0 Å². The first-order valence-electron chi connectivity index (χ1n) is 20.6. The van der Waals surface area contributed by atoms with Crippen molar-refractivity contribution < 1.29 is 0 Å². The summed E-state index contributed by atoms with van der Waals surface area (Å²) >= 11 is 0. The zero-order chi connectivity index (χ0) is 39.6. The van der Waals surface area contributed by atoms with Crippen molar-refractivity contribution in [3.05, 3.63) is 199 Å². The Balaban J connectivity index is 1.13. The number of para-hydroxylation sites is 4. The van der Waals surface area contributed by atoms with Crippen LogP contribution in [-0.4, -0.2) is 23.3 Å². The summed E-state index contributed by atoms with van der Waals surface area (Å²) in [7, 11) is 0. The van der Waals surface area contributed by atoms with Crippen molar-refractivity contribution in [1.29, 1.82) is 0 Å². The molecule has 282 valence electrons. The van der Waals surface area contributed by atoms with Gasteiger partial charge in [0, 0.05) is 54.5 Å². The highest BCUT2D eigenvalue weighted by molar-refractivity contribution is 6.24. The largest absolute Gasteiger partial charge is 0.309 e. The zero-order valence-electron chi connectivity index (χ0n) is 33.1. The van der Waals surface area contributed by atoms with Crippen molar-refractivity contribution in [3.8, 4) is 23.0 Å². The van der Waals surface area contributed by atoms with Crippen molar-refractivity contribution in [2.45, 2.75) is 13.8 Å². The Hall–Kier alpha value is -7.89. The number of fused-ring (bicyclic) bond motifs is 13. The maximum Gasteiger partial charge on any atom is 0.140 e. The maximum atomic E-state index is 5.66. The van der Waals surface area contributed by atoms with Crippen molar-refractivity contribution >= 4 is 87.2 Å². The fraction of sp³-hybridized carbons (Fsp3) is 0.0364. The Morgan fingerprint density at radius 2 is 0.717 bits per heavy atom. The smallest absolute Gasteiger partial charge is 0.140 e. The van der Waals surface area contributed by atoms with Crippen LogP contribution < -0.4 is 0 Å². The van der Waals surface area contributed by atoms with E-state index < -0.39 is 0 Å². The van der Waals surface area contributed by atoms with Crippen LogP contribution in [-0.2, 0) is 0 Å². The van der Waals surface area contributed by atoms with Gasteiger partial charge in [0.15, 0.2) is 0 Å². The number of pyridine rings is 1. The monoisotopic (exact) mass is 767 g/mol. The molecule has 60 heavy (non-hydrogen) atoms. The van der Waals surface area contributed by atoms with Crippen LogP contribution in [0.4, 0.5) is 0 Å². The highest BCUT2D eigenvalue weighted by Gasteiger charge is 2.23. The lowest BCUT2D eigenvalue weighted by atomic mass is 10.1. The number of hydrogen-bond donors (Lipinski definition) is 0. The Kier molecular flexibility index (Phi) is 6.79.